The van der Waals surface area contributed by atoms with Crippen LogP contribution in [-0.2, 0) is 19.4 Å². The van der Waals surface area contributed by atoms with Crippen LogP contribution < -0.4 is 9.47 Å². The van der Waals surface area contributed by atoms with E-state index in [-0.39, 0.29) is 5.82 Å². The second-order valence-electron chi connectivity index (χ2n) is 6.86. The van der Waals surface area contributed by atoms with Gasteiger partial charge >= 0.3 is 0 Å². The summed E-state index contributed by atoms with van der Waals surface area (Å²) in [5.41, 5.74) is 4.42. The minimum atomic E-state index is -0.218. The molecule has 1 aliphatic rings. The van der Waals surface area contributed by atoms with Crippen LogP contribution in [0.4, 0.5) is 4.39 Å². The number of nitrogens with zero attached hydrogens (tertiary/aromatic N) is 2. The fraction of sp³-hybridized carbons (Fsp3) is 0.318. The Hall–Kier alpha value is -2.66. The molecule has 2 heterocycles. The predicted octanol–water partition coefficient (Wildman–Crippen LogP) is 3.99. The molecule has 0 aliphatic carbocycles. The third-order valence-corrected chi connectivity index (χ3v) is 5.29. The maximum absolute atomic E-state index is 14.1. The minimum Gasteiger partial charge on any atom is -0.493 e. The summed E-state index contributed by atoms with van der Waals surface area (Å²) in [7, 11) is 3.33. The molecule has 0 bridgehead atoms. The summed E-state index contributed by atoms with van der Waals surface area (Å²) in [5.74, 6) is 1.33. The highest BCUT2D eigenvalue weighted by molar-refractivity contribution is 5.82. The van der Waals surface area contributed by atoms with Gasteiger partial charge in [0.15, 0.2) is 11.5 Å². The van der Waals surface area contributed by atoms with Gasteiger partial charge in [0.05, 0.1) is 19.7 Å². The van der Waals surface area contributed by atoms with Crippen molar-refractivity contribution < 1.29 is 13.9 Å². The second-order valence-corrected chi connectivity index (χ2v) is 6.86. The molecule has 1 aliphatic heterocycles. The van der Waals surface area contributed by atoms with Crippen LogP contribution >= 0.6 is 0 Å². The van der Waals surface area contributed by atoms with E-state index in [2.05, 4.69) is 22.0 Å². The number of hydrogen-bond donors (Lipinski definition) is 0. The largest absolute Gasteiger partial charge is 0.493 e. The molecule has 0 unspecified atom stereocenters. The van der Waals surface area contributed by atoms with Crippen molar-refractivity contribution in [3.8, 4) is 11.5 Å². The van der Waals surface area contributed by atoms with Gasteiger partial charge in [0.2, 0.25) is 0 Å². The van der Waals surface area contributed by atoms with Crippen LogP contribution in [0.5, 0.6) is 11.5 Å². The zero-order valence-corrected chi connectivity index (χ0v) is 15.7. The lowest BCUT2D eigenvalue weighted by molar-refractivity contribution is 0.280. The van der Waals surface area contributed by atoms with Crippen LogP contribution in [0.3, 0.4) is 0 Å². The van der Waals surface area contributed by atoms with Crippen molar-refractivity contribution in [2.45, 2.75) is 19.4 Å². The maximum atomic E-state index is 14.1. The predicted molar refractivity (Wildman–Crippen MR) is 104 cm³/mol. The number of fused-ring (bicyclic) bond motifs is 2. The molecule has 5 heteroatoms. The first-order chi connectivity index (χ1) is 13.2. The summed E-state index contributed by atoms with van der Waals surface area (Å²) < 4.78 is 24.9. The number of methoxy groups -OCH3 is 2. The van der Waals surface area contributed by atoms with Crippen molar-refractivity contribution in [2.24, 2.45) is 0 Å². The number of hydrogen-bond acceptors (Lipinski definition) is 4. The van der Waals surface area contributed by atoms with Gasteiger partial charge in [0, 0.05) is 31.2 Å². The summed E-state index contributed by atoms with van der Waals surface area (Å²) in [5, 5.41) is 0.586. The molecular weight excluding hydrogens is 343 g/mol. The Morgan fingerprint density at radius 1 is 1.00 bits per heavy atom. The molecule has 0 atom stereocenters. The van der Waals surface area contributed by atoms with Crippen LogP contribution in [0.1, 0.15) is 16.7 Å². The molecule has 0 radical (unpaired) electrons. The summed E-state index contributed by atoms with van der Waals surface area (Å²) >= 11 is 0. The van der Waals surface area contributed by atoms with Gasteiger partial charge < -0.3 is 9.47 Å². The van der Waals surface area contributed by atoms with Crippen LogP contribution in [0.25, 0.3) is 10.9 Å². The highest BCUT2D eigenvalue weighted by Gasteiger charge is 2.18. The van der Waals surface area contributed by atoms with Crippen LogP contribution in [0.2, 0.25) is 0 Å². The lowest BCUT2D eigenvalue weighted by atomic mass is 10.0. The molecule has 2 aromatic carbocycles. The minimum absolute atomic E-state index is 0.218. The fourth-order valence-electron chi connectivity index (χ4n) is 3.82. The third kappa shape index (κ3) is 3.47. The Kier molecular flexibility index (Phi) is 4.94. The average molecular weight is 366 g/mol. The molecule has 4 nitrogen and oxygen atoms in total. The molecule has 0 N–H and O–H groups in total. The number of rotatable bonds is 4. The van der Waals surface area contributed by atoms with Gasteiger partial charge in [-0.1, -0.05) is 6.07 Å². The molecule has 140 valence electrons. The maximum Gasteiger partial charge on any atom is 0.161 e. The van der Waals surface area contributed by atoms with Gasteiger partial charge in [-0.15, -0.1) is 0 Å². The van der Waals surface area contributed by atoms with E-state index < -0.39 is 0 Å². The van der Waals surface area contributed by atoms with Crippen molar-refractivity contribution in [3.63, 3.8) is 0 Å². The number of ether oxygens (including phenoxy) is 2. The first-order valence-corrected chi connectivity index (χ1v) is 9.18. The number of pyridine rings is 1. The molecule has 4 rings (SSSR count). The van der Waals surface area contributed by atoms with E-state index in [1.807, 2.05) is 6.07 Å². The van der Waals surface area contributed by atoms with Gasteiger partial charge in [-0.25, -0.2) is 4.39 Å². The van der Waals surface area contributed by atoms with Crippen LogP contribution in [0, 0.1) is 5.82 Å². The molecule has 0 saturated carbocycles. The molecule has 1 aromatic heterocycles. The average Bonchev–Trinajstić information content (AvgIpc) is 2.91. The Labute approximate surface area is 158 Å². The molecule has 0 spiro atoms. The van der Waals surface area contributed by atoms with Gasteiger partial charge in [-0.05, 0) is 59.9 Å². The smallest absolute Gasteiger partial charge is 0.161 e. The fourth-order valence-corrected chi connectivity index (χ4v) is 3.82. The highest BCUT2D eigenvalue weighted by Crippen LogP contribution is 2.32. The van der Waals surface area contributed by atoms with Crippen molar-refractivity contribution in [1.29, 1.82) is 0 Å². The monoisotopic (exact) mass is 366 g/mol. The van der Waals surface area contributed by atoms with E-state index in [1.54, 1.807) is 38.6 Å². The van der Waals surface area contributed by atoms with Crippen molar-refractivity contribution in [1.82, 2.24) is 9.88 Å². The summed E-state index contributed by atoms with van der Waals surface area (Å²) in [4.78, 5) is 6.82. The van der Waals surface area contributed by atoms with Crippen molar-refractivity contribution >= 4 is 10.9 Å². The quantitative estimate of drug-likeness (QED) is 0.699. The Morgan fingerprint density at radius 3 is 2.30 bits per heavy atom. The summed E-state index contributed by atoms with van der Waals surface area (Å²) in [6.45, 7) is 2.64. The summed E-state index contributed by atoms with van der Waals surface area (Å²) in [6, 6.07) is 11.1. The molecule has 3 aromatic rings. The Balaban J connectivity index is 1.57. The lowest BCUT2D eigenvalue weighted by Crippen LogP contribution is -2.26. The van der Waals surface area contributed by atoms with Gasteiger partial charge in [-0.3, -0.25) is 9.88 Å². The Bertz CT molecular complexity index is 939. The van der Waals surface area contributed by atoms with Crippen molar-refractivity contribution in [3.05, 3.63) is 65.1 Å². The topological polar surface area (TPSA) is 34.6 Å². The van der Waals surface area contributed by atoms with Crippen molar-refractivity contribution in [2.75, 3.05) is 27.3 Å². The van der Waals surface area contributed by atoms with Crippen LogP contribution in [0.15, 0.2) is 42.6 Å². The third-order valence-electron chi connectivity index (χ3n) is 5.29. The second kappa shape index (κ2) is 7.53. The highest BCUT2D eigenvalue weighted by atomic mass is 19.1. The first kappa shape index (κ1) is 17.7. The zero-order chi connectivity index (χ0) is 18.8. The number of benzene rings is 2. The molecule has 0 saturated heterocycles. The van der Waals surface area contributed by atoms with Gasteiger partial charge in [-0.2, -0.15) is 0 Å². The Morgan fingerprint density at radius 2 is 1.67 bits per heavy atom. The van der Waals surface area contributed by atoms with E-state index in [1.165, 1.54) is 11.1 Å². The molecule has 27 heavy (non-hydrogen) atoms. The zero-order valence-electron chi connectivity index (χ0n) is 15.7. The van der Waals surface area contributed by atoms with E-state index in [4.69, 9.17) is 9.47 Å². The SMILES string of the molecule is COc1cc2c(cc1OC)CCN(Cc1ccc(F)c3cccnc13)CC2. The van der Waals surface area contributed by atoms with E-state index in [9.17, 15) is 4.39 Å². The van der Waals surface area contributed by atoms with E-state index >= 15 is 0 Å². The number of halogens is 1. The van der Waals surface area contributed by atoms with Gasteiger partial charge in [0.25, 0.3) is 0 Å². The lowest BCUT2D eigenvalue weighted by Gasteiger charge is -2.20. The van der Waals surface area contributed by atoms with E-state index in [0.717, 1.165) is 55.1 Å². The van der Waals surface area contributed by atoms with Gasteiger partial charge in [0.1, 0.15) is 5.82 Å². The molecule has 0 fully saturated rings. The first-order valence-electron chi connectivity index (χ1n) is 9.18. The normalized spacial score (nSPS) is 14.6. The number of aromatic nitrogens is 1. The van der Waals surface area contributed by atoms with Crippen LogP contribution in [-0.4, -0.2) is 37.2 Å². The summed E-state index contributed by atoms with van der Waals surface area (Å²) in [6.07, 6.45) is 3.62. The van der Waals surface area contributed by atoms with E-state index in [0.29, 0.717) is 5.39 Å². The standard InChI is InChI=1S/C22H23FN2O2/c1-26-20-12-15-7-10-25(11-8-16(15)13-21(20)27-2)14-17-5-6-19(23)18-4-3-9-24-22(17)18/h3-6,9,12-13H,7-8,10-11,14H2,1-2H3. The molecule has 0 amide bonds. The molecular formula is C22H23FN2O2.